The first kappa shape index (κ1) is 12.9. The van der Waals surface area contributed by atoms with Crippen molar-refractivity contribution in [3.8, 4) is 0 Å². The normalized spacial score (nSPS) is 19.6. The number of ether oxygens (including phenoxy) is 1. The Balaban J connectivity index is 2.38. The van der Waals surface area contributed by atoms with E-state index in [1.165, 1.54) is 5.56 Å². The summed E-state index contributed by atoms with van der Waals surface area (Å²) in [7, 11) is 0. The van der Waals surface area contributed by atoms with Gasteiger partial charge in [0.15, 0.2) is 0 Å². The van der Waals surface area contributed by atoms with Crippen molar-refractivity contribution in [1.82, 2.24) is 0 Å². The Morgan fingerprint density at radius 3 is 2.53 bits per heavy atom. The molecule has 0 aliphatic carbocycles. The van der Waals surface area contributed by atoms with Gasteiger partial charge in [0.1, 0.15) is 0 Å². The quantitative estimate of drug-likeness (QED) is 0.876. The maximum atomic E-state index is 10.7. The van der Waals surface area contributed by atoms with Crippen LogP contribution in [-0.2, 0) is 10.3 Å². The highest BCUT2D eigenvalue weighted by atomic mass is 35.5. The number of benzene rings is 1. The van der Waals surface area contributed by atoms with Gasteiger partial charge in [-0.15, -0.1) is 0 Å². The fourth-order valence-electron chi connectivity index (χ4n) is 2.24. The average molecular weight is 255 g/mol. The van der Waals surface area contributed by atoms with Crippen LogP contribution in [0.5, 0.6) is 0 Å². The molecule has 1 saturated heterocycles. The van der Waals surface area contributed by atoms with Crippen LogP contribution in [0.4, 0.5) is 0 Å². The number of halogens is 1. The molecule has 0 aromatic heterocycles. The maximum absolute atomic E-state index is 10.7. The third kappa shape index (κ3) is 2.65. The lowest BCUT2D eigenvalue weighted by Gasteiger charge is -2.33. The minimum absolute atomic E-state index is 0.439. The molecule has 1 heterocycles. The topological polar surface area (TPSA) is 29.5 Å². The van der Waals surface area contributed by atoms with Crippen molar-refractivity contribution < 1.29 is 9.84 Å². The minimum atomic E-state index is -0.819. The summed E-state index contributed by atoms with van der Waals surface area (Å²) in [6.07, 6.45) is 1.24. The lowest BCUT2D eigenvalue weighted by molar-refractivity contribution is -0.0678. The van der Waals surface area contributed by atoms with Crippen LogP contribution in [0.1, 0.15) is 43.7 Å². The number of hydrogen-bond acceptors (Lipinski definition) is 2. The van der Waals surface area contributed by atoms with Gasteiger partial charge in [-0.2, -0.15) is 0 Å². The predicted molar refractivity (Wildman–Crippen MR) is 69.5 cm³/mol. The summed E-state index contributed by atoms with van der Waals surface area (Å²) in [5.74, 6) is 0.439. The monoisotopic (exact) mass is 254 g/mol. The van der Waals surface area contributed by atoms with E-state index in [1.807, 2.05) is 18.2 Å². The summed E-state index contributed by atoms with van der Waals surface area (Å²) in [5, 5.41) is 11.3. The Morgan fingerprint density at radius 1 is 1.29 bits per heavy atom. The van der Waals surface area contributed by atoms with Gasteiger partial charge in [0.2, 0.25) is 0 Å². The van der Waals surface area contributed by atoms with E-state index >= 15 is 0 Å². The Morgan fingerprint density at radius 2 is 1.94 bits per heavy atom. The van der Waals surface area contributed by atoms with Crippen LogP contribution in [0.3, 0.4) is 0 Å². The standard InChI is InChI=1S/C14H19ClO2/c1-10(2)11-3-4-13(15)12(9-11)14(16)5-7-17-8-6-14/h3-4,9-10,16H,5-8H2,1-2H3. The van der Waals surface area contributed by atoms with Gasteiger partial charge < -0.3 is 9.84 Å². The van der Waals surface area contributed by atoms with Crippen molar-refractivity contribution in [3.05, 3.63) is 34.3 Å². The SMILES string of the molecule is CC(C)c1ccc(Cl)c(C2(O)CCOCC2)c1. The van der Waals surface area contributed by atoms with Crippen LogP contribution in [0.15, 0.2) is 18.2 Å². The summed E-state index contributed by atoms with van der Waals surface area (Å²) in [5.41, 5.74) is 1.25. The molecule has 2 rings (SSSR count). The van der Waals surface area contributed by atoms with E-state index in [4.69, 9.17) is 16.3 Å². The first-order valence-electron chi connectivity index (χ1n) is 6.13. The van der Waals surface area contributed by atoms with Crippen LogP contribution in [-0.4, -0.2) is 18.3 Å². The van der Waals surface area contributed by atoms with Crippen LogP contribution in [0.25, 0.3) is 0 Å². The van der Waals surface area contributed by atoms with Gasteiger partial charge in [0.05, 0.1) is 5.60 Å². The van der Waals surface area contributed by atoms with E-state index in [9.17, 15) is 5.11 Å². The molecule has 1 aromatic carbocycles. The van der Waals surface area contributed by atoms with E-state index < -0.39 is 5.60 Å². The van der Waals surface area contributed by atoms with Crippen molar-refractivity contribution in [2.75, 3.05) is 13.2 Å². The lowest BCUT2D eigenvalue weighted by atomic mass is 9.84. The first-order chi connectivity index (χ1) is 8.03. The molecule has 0 bridgehead atoms. The fraction of sp³-hybridized carbons (Fsp3) is 0.571. The molecule has 2 nitrogen and oxygen atoms in total. The van der Waals surface area contributed by atoms with Crippen LogP contribution >= 0.6 is 11.6 Å². The van der Waals surface area contributed by atoms with Crippen molar-refractivity contribution >= 4 is 11.6 Å². The molecular weight excluding hydrogens is 236 g/mol. The third-order valence-corrected chi connectivity index (χ3v) is 3.81. The van der Waals surface area contributed by atoms with Crippen molar-refractivity contribution in [1.29, 1.82) is 0 Å². The maximum Gasteiger partial charge on any atom is 0.0954 e. The number of hydrogen-bond donors (Lipinski definition) is 1. The molecule has 1 aliphatic rings. The van der Waals surface area contributed by atoms with Crippen molar-refractivity contribution in [3.63, 3.8) is 0 Å². The lowest BCUT2D eigenvalue weighted by Crippen LogP contribution is -2.33. The Bertz CT molecular complexity index is 395. The fourth-order valence-corrected chi connectivity index (χ4v) is 2.53. The highest BCUT2D eigenvalue weighted by Gasteiger charge is 2.33. The van der Waals surface area contributed by atoms with Crippen LogP contribution < -0.4 is 0 Å². The molecule has 0 radical (unpaired) electrons. The molecule has 0 saturated carbocycles. The van der Waals surface area contributed by atoms with Crippen molar-refractivity contribution in [2.24, 2.45) is 0 Å². The Hall–Kier alpha value is -0.570. The van der Waals surface area contributed by atoms with E-state index in [-0.39, 0.29) is 0 Å². The molecular formula is C14H19ClO2. The highest BCUT2D eigenvalue weighted by Crippen LogP contribution is 2.37. The molecule has 0 amide bonds. The van der Waals surface area contributed by atoms with E-state index in [2.05, 4.69) is 13.8 Å². The van der Waals surface area contributed by atoms with E-state index in [1.54, 1.807) is 0 Å². The van der Waals surface area contributed by atoms with Gasteiger partial charge in [-0.3, -0.25) is 0 Å². The van der Waals surface area contributed by atoms with Gasteiger partial charge in [-0.05, 0) is 17.5 Å². The molecule has 1 fully saturated rings. The summed E-state index contributed by atoms with van der Waals surface area (Å²) in [6, 6.07) is 5.96. The molecule has 94 valence electrons. The van der Waals surface area contributed by atoms with Gasteiger partial charge in [-0.1, -0.05) is 37.6 Å². The van der Waals surface area contributed by atoms with E-state index in [0.717, 1.165) is 5.56 Å². The number of aliphatic hydroxyl groups is 1. The van der Waals surface area contributed by atoms with Crippen molar-refractivity contribution in [2.45, 2.75) is 38.2 Å². The molecule has 0 unspecified atom stereocenters. The zero-order valence-corrected chi connectivity index (χ0v) is 11.1. The summed E-state index contributed by atoms with van der Waals surface area (Å²) < 4.78 is 5.30. The molecule has 0 spiro atoms. The molecule has 1 aliphatic heterocycles. The van der Waals surface area contributed by atoms with Gasteiger partial charge in [-0.25, -0.2) is 0 Å². The smallest absolute Gasteiger partial charge is 0.0954 e. The highest BCUT2D eigenvalue weighted by molar-refractivity contribution is 6.31. The zero-order valence-electron chi connectivity index (χ0n) is 10.4. The largest absolute Gasteiger partial charge is 0.385 e. The van der Waals surface area contributed by atoms with Crippen LogP contribution in [0, 0.1) is 0 Å². The molecule has 1 aromatic rings. The molecule has 17 heavy (non-hydrogen) atoms. The Labute approximate surface area is 108 Å². The van der Waals surface area contributed by atoms with Gasteiger partial charge in [0, 0.05) is 36.6 Å². The minimum Gasteiger partial charge on any atom is -0.385 e. The third-order valence-electron chi connectivity index (χ3n) is 3.48. The van der Waals surface area contributed by atoms with Gasteiger partial charge >= 0.3 is 0 Å². The van der Waals surface area contributed by atoms with Crippen LogP contribution in [0.2, 0.25) is 5.02 Å². The van der Waals surface area contributed by atoms with Gasteiger partial charge in [0.25, 0.3) is 0 Å². The second-order valence-corrected chi connectivity index (χ2v) is 5.45. The zero-order chi connectivity index (χ0) is 12.5. The first-order valence-corrected chi connectivity index (χ1v) is 6.51. The predicted octanol–water partition coefficient (Wildman–Crippen LogP) is 3.46. The summed E-state index contributed by atoms with van der Waals surface area (Å²) in [6.45, 7) is 5.47. The van der Waals surface area contributed by atoms with E-state index in [0.29, 0.717) is 37.0 Å². The molecule has 0 atom stereocenters. The second-order valence-electron chi connectivity index (χ2n) is 5.04. The second kappa shape index (κ2) is 4.97. The number of rotatable bonds is 2. The average Bonchev–Trinajstić information content (AvgIpc) is 2.30. The summed E-state index contributed by atoms with van der Waals surface area (Å²) >= 11 is 6.22. The molecule has 1 N–H and O–H groups in total. The molecule has 3 heteroatoms. The summed E-state index contributed by atoms with van der Waals surface area (Å²) in [4.78, 5) is 0. The Kier molecular flexibility index (Phi) is 3.76.